The lowest BCUT2D eigenvalue weighted by atomic mass is 10.1. The number of benzene rings is 1. The van der Waals surface area contributed by atoms with Gasteiger partial charge in [-0.15, -0.1) is 0 Å². The molecule has 0 fully saturated rings. The first-order chi connectivity index (χ1) is 9.49. The molecule has 0 aliphatic carbocycles. The molecule has 0 spiro atoms. The average molecular weight is 277 g/mol. The molecule has 1 aromatic rings. The van der Waals surface area contributed by atoms with Crippen molar-refractivity contribution < 1.29 is 14.5 Å². The minimum Gasteiger partial charge on any atom is -0.469 e. The number of hydrogen-bond acceptors (Lipinski definition) is 6. The molecule has 0 saturated carbocycles. The minimum atomic E-state index is -0.584. The van der Waals surface area contributed by atoms with Gasteiger partial charge in [0.2, 0.25) is 0 Å². The zero-order valence-electron chi connectivity index (χ0n) is 11.3. The Bertz CT molecular complexity index is 551. The van der Waals surface area contributed by atoms with Gasteiger partial charge in [-0.2, -0.15) is 5.26 Å². The maximum Gasteiger partial charge on any atom is 0.305 e. The van der Waals surface area contributed by atoms with Crippen molar-refractivity contribution in [2.75, 3.05) is 25.6 Å². The Morgan fingerprint density at radius 3 is 2.80 bits per heavy atom. The largest absolute Gasteiger partial charge is 0.469 e. The number of hydrogen-bond donors (Lipinski definition) is 0. The van der Waals surface area contributed by atoms with Crippen LogP contribution in [0.2, 0.25) is 0 Å². The Morgan fingerprint density at radius 2 is 2.25 bits per heavy atom. The molecule has 106 valence electrons. The quantitative estimate of drug-likeness (QED) is 0.447. The van der Waals surface area contributed by atoms with Crippen LogP contribution in [0.25, 0.3) is 0 Å². The molecule has 0 unspecified atom stereocenters. The Morgan fingerprint density at radius 1 is 1.55 bits per heavy atom. The third-order valence-electron chi connectivity index (χ3n) is 2.84. The summed E-state index contributed by atoms with van der Waals surface area (Å²) in [4.78, 5) is 23.0. The SMILES string of the molecule is COC(=O)CCCN(C)c1ccc([N+](=O)[O-])c(C#N)c1. The molecule has 0 radical (unpaired) electrons. The van der Waals surface area contributed by atoms with Gasteiger partial charge in [0.05, 0.1) is 12.0 Å². The van der Waals surface area contributed by atoms with Crippen LogP contribution in [0.15, 0.2) is 18.2 Å². The van der Waals surface area contributed by atoms with Crippen molar-refractivity contribution in [3.05, 3.63) is 33.9 Å². The van der Waals surface area contributed by atoms with Crippen LogP contribution >= 0.6 is 0 Å². The molecular formula is C13H15N3O4. The van der Waals surface area contributed by atoms with Gasteiger partial charge in [0.1, 0.15) is 11.6 Å². The van der Waals surface area contributed by atoms with Gasteiger partial charge < -0.3 is 9.64 Å². The third kappa shape index (κ3) is 3.95. The Balaban J connectivity index is 2.74. The van der Waals surface area contributed by atoms with E-state index in [1.165, 1.54) is 19.2 Å². The van der Waals surface area contributed by atoms with Gasteiger partial charge in [-0.1, -0.05) is 0 Å². The summed E-state index contributed by atoms with van der Waals surface area (Å²) < 4.78 is 4.54. The number of rotatable bonds is 6. The van der Waals surface area contributed by atoms with E-state index in [2.05, 4.69) is 4.74 Å². The first-order valence-corrected chi connectivity index (χ1v) is 5.96. The molecule has 20 heavy (non-hydrogen) atoms. The standard InChI is InChI=1S/C13H15N3O4/c1-15(7-3-4-13(17)20-2)11-5-6-12(16(18)19)10(8-11)9-14/h5-6,8H,3-4,7H2,1-2H3. The highest BCUT2D eigenvalue weighted by molar-refractivity contribution is 5.69. The van der Waals surface area contributed by atoms with Crippen molar-refractivity contribution in [3.8, 4) is 6.07 Å². The second-order valence-electron chi connectivity index (χ2n) is 4.17. The van der Waals surface area contributed by atoms with Crippen molar-refractivity contribution in [3.63, 3.8) is 0 Å². The van der Waals surface area contributed by atoms with Crippen LogP contribution in [0.1, 0.15) is 18.4 Å². The first-order valence-electron chi connectivity index (χ1n) is 5.96. The third-order valence-corrected chi connectivity index (χ3v) is 2.84. The highest BCUT2D eigenvalue weighted by Crippen LogP contribution is 2.23. The van der Waals surface area contributed by atoms with E-state index in [-0.39, 0.29) is 17.2 Å². The topological polar surface area (TPSA) is 96.5 Å². The van der Waals surface area contributed by atoms with Crippen LogP contribution in [0.4, 0.5) is 11.4 Å². The molecule has 0 N–H and O–H groups in total. The molecule has 7 heteroatoms. The van der Waals surface area contributed by atoms with E-state index in [1.54, 1.807) is 13.1 Å². The summed E-state index contributed by atoms with van der Waals surface area (Å²) in [5, 5.41) is 19.7. The molecule has 0 amide bonds. The highest BCUT2D eigenvalue weighted by Gasteiger charge is 2.15. The number of nitro benzene ring substituents is 1. The maximum absolute atomic E-state index is 11.0. The normalized spacial score (nSPS) is 9.65. The number of methoxy groups -OCH3 is 1. The van der Waals surface area contributed by atoms with Crippen LogP contribution < -0.4 is 4.90 Å². The van der Waals surface area contributed by atoms with E-state index in [9.17, 15) is 14.9 Å². The molecule has 0 aromatic heterocycles. The van der Waals surface area contributed by atoms with Crippen molar-refractivity contribution in [2.24, 2.45) is 0 Å². The summed E-state index contributed by atoms with van der Waals surface area (Å²) in [5.41, 5.74) is 0.503. The molecule has 0 aliphatic heterocycles. The lowest BCUT2D eigenvalue weighted by molar-refractivity contribution is -0.385. The van der Waals surface area contributed by atoms with Gasteiger partial charge in [-0.3, -0.25) is 14.9 Å². The Hall–Kier alpha value is -2.62. The van der Waals surface area contributed by atoms with Gasteiger partial charge in [0.15, 0.2) is 0 Å². The van der Waals surface area contributed by atoms with Crippen LogP contribution in [0, 0.1) is 21.4 Å². The van der Waals surface area contributed by atoms with Crippen molar-refractivity contribution in [1.29, 1.82) is 5.26 Å². The lowest BCUT2D eigenvalue weighted by Crippen LogP contribution is -2.19. The molecule has 0 aliphatic rings. The van der Waals surface area contributed by atoms with Gasteiger partial charge in [0.25, 0.3) is 5.69 Å². The number of esters is 1. The first kappa shape index (κ1) is 15.4. The van der Waals surface area contributed by atoms with E-state index in [4.69, 9.17) is 5.26 Å². The summed E-state index contributed by atoms with van der Waals surface area (Å²) in [5.74, 6) is -0.278. The van der Waals surface area contributed by atoms with Crippen LogP contribution in [0.3, 0.4) is 0 Å². The summed E-state index contributed by atoms with van der Waals surface area (Å²) in [7, 11) is 3.13. The van der Waals surface area contributed by atoms with Gasteiger partial charge in [-0.05, 0) is 18.6 Å². The Labute approximate surface area is 116 Å². The van der Waals surface area contributed by atoms with E-state index in [0.717, 1.165) is 0 Å². The number of ether oxygens (including phenoxy) is 1. The molecule has 0 saturated heterocycles. The fraction of sp³-hybridized carbons (Fsp3) is 0.385. The zero-order valence-corrected chi connectivity index (χ0v) is 11.3. The van der Waals surface area contributed by atoms with Crippen molar-refractivity contribution in [1.82, 2.24) is 0 Å². The Kier molecular flexibility index (Phi) is 5.47. The van der Waals surface area contributed by atoms with Crippen LogP contribution in [-0.4, -0.2) is 31.6 Å². The smallest absolute Gasteiger partial charge is 0.305 e. The van der Waals surface area contributed by atoms with Crippen LogP contribution in [-0.2, 0) is 9.53 Å². The second kappa shape index (κ2) is 7.09. The zero-order chi connectivity index (χ0) is 15.1. The number of carbonyl (C=O) groups is 1. The van der Waals surface area contributed by atoms with Crippen molar-refractivity contribution in [2.45, 2.75) is 12.8 Å². The van der Waals surface area contributed by atoms with Gasteiger partial charge >= 0.3 is 5.97 Å². The predicted octanol–water partition coefficient (Wildman–Crippen LogP) is 1.86. The summed E-state index contributed by atoms with van der Waals surface area (Å²) in [6.07, 6.45) is 0.904. The van der Waals surface area contributed by atoms with Crippen LogP contribution in [0.5, 0.6) is 0 Å². The summed E-state index contributed by atoms with van der Waals surface area (Å²) in [6.45, 7) is 0.581. The predicted molar refractivity (Wildman–Crippen MR) is 72.3 cm³/mol. The number of anilines is 1. The second-order valence-corrected chi connectivity index (χ2v) is 4.17. The lowest BCUT2D eigenvalue weighted by Gasteiger charge is -2.19. The van der Waals surface area contributed by atoms with E-state index < -0.39 is 4.92 Å². The van der Waals surface area contributed by atoms with Crippen molar-refractivity contribution >= 4 is 17.3 Å². The molecule has 7 nitrogen and oxygen atoms in total. The van der Waals surface area contributed by atoms with E-state index in [0.29, 0.717) is 25.1 Å². The number of carbonyl (C=O) groups excluding carboxylic acids is 1. The molecule has 0 heterocycles. The summed E-state index contributed by atoms with van der Waals surface area (Å²) in [6, 6.07) is 6.17. The van der Waals surface area contributed by atoms with Gasteiger partial charge in [-0.25, -0.2) is 0 Å². The van der Waals surface area contributed by atoms with Gasteiger partial charge in [0, 0.05) is 31.8 Å². The minimum absolute atomic E-state index is 0.0207. The monoisotopic (exact) mass is 277 g/mol. The van der Waals surface area contributed by atoms with E-state index in [1.807, 2.05) is 11.0 Å². The molecule has 0 atom stereocenters. The summed E-state index contributed by atoms with van der Waals surface area (Å²) >= 11 is 0. The number of nitro groups is 1. The maximum atomic E-state index is 11.0. The number of nitrogens with zero attached hydrogens (tertiary/aromatic N) is 3. The molecule has 1 rings (SSSR count). The molecule has 1 aromatic carbocycles. The molecule has 0 bridgehead atoms. The fourth-order valence-electron chi connectivity index (χ4n) is 1.70. The number of nitriles is 1. The highest BCUT2D eigenvalue weighted by atomic mass is 16.6. The average Bonchev–Trinajstić information content (AvgIpc) is 2.45. The fourth-order valence-corrected chi connectivity index (χ4v) is 1.70. The molecular weight excluding hydrogens is 262 g/mol. The van der Waals surface area contributed by atoms with E-state index >= 15 is 0 Å².